The Balaban J connectivity index is 3.04. The Kier molecular flexibility index (Phi) is 9.86. The van der Waals surface area contributed by atoms with Crippen LogP contribution in [0.4, 0.5) is 0 Å². The highest BCUT2D eigenvalue weighted by Crippen LogP contribution is 2.50. The SMILES string of the molecule is C=CCCCCC(CC=C)(C(C)CC=C)C(CC=C)CC=C1CC1C. The van der Waals surface area contributed by atoms with Crippen LogP contribution in [0.1, 0.15) is 71.6 Å². The van der Waals surface area contributed by atoms with Crippen LogP contribution in [0.25, 0.3) is 0 Å². The molecule has 1 aliphatic carbocycles. The van der Waals surface area contributed by atoms with Gasteiger partial charge in [-0.2, -0.15) is 0 Å². The van der Waals surface area contributed by atoms with Gasteiger partial charge in [0.15, 0.2) is 0 Å². The van der Waals surface area contributed by atoms with Crippen LogP contribution in [-0.4, -0.2) is 0 Å². The summed E-state index contributed by atoms with van der Waals surface area (Å²) in [7, 11) is 0. The number of unbranched alkanes of at least 4 members (excludes halogenated alkanes) is 2. The molecule has 0 heteroatoms. The molecule has 0 aromatic rings. The van der Waals surface area contributed by atoms with Gasteiger partial charge < -0.3 is 0 Å². The largest absolute Gasteiger partial charge is 0.103 e. The van der Waals surface area contributed by atoms with Crippen molar-refractivity contribution < 1.29 is 0 Å². The Morgan fingerprint density at radius 1 is 1.00 bits per heavy atom. The third-order valence-electron chi connectivity index (χ3n) is 6.27. The van der Waals surface area contributed by atoms with E-state index in [0.717, 1.165) is 31.6 Å². The Hall–Kier alpha value is -1.30. The topological polar surface area (TPSA) is 0 Å². The van der Waals surface area contributed by atoms with Crippen molar-refractivity contribution >= 4 is 0 Å². The van der Waals surface area contributed by atoms with Gasteiger partial charge in [-0.25, -0.2) is 0 Å². The normalized spacial score (nSPS) is 22.6. The van der Waals surface area contributed by atoms with Crippen LogP contribution in [0.5, 0.6) is 0 Å². The summed E-state index contributed by atoms with van der Waals surface area (Å²) >= 11 is 0. The van der Waals surface area contributed by atoms with E-state index in [1.807, 2.05) is 6.08 Å². The summed E-state index contributed by atoms with van der Waals surface area (Å²) in [6.07, 6.45) is 21.6. The van der Waals surface area contributed by atoms with Gasteiger partial charge in [0.1, 0.15) is 0 Å². The lowest BCUT2D eigenvalue weighted by Crippen LogP contribution is -2.36. The van der Waals surface area contributed by atoms with E-state index in [4.69, 9.17) is 0 Å². The summed E-state index contributed by atoms with van der Waals surface area (Å²) in [6, 6.07) is 0. The lowest BCUT2D eigenvalue weighted by atomic mass is 9.59. The molecule has 1 rings (SSSR count). The van der Waals surface area contributed by atoms with Gasteiger partial charge in [0, 0.05) is 0 Å². The first-order valence-corrected chi connectivity index (χ1v) is 10.2. The smallest absolute Gasteiger partial charge is 0.0194 e. The predicted molar refractivity (Wildman–Crippen MR) is 115 cm³/mol. The second-order valence-electron chi connectivity index (χ2n) is 8.03. The quantitative estimate of drug-likeness (QED) is 0.209. The van der Waals surface area contributed by atoms with E-state index in [9.17, 15) is 0 Å². The molecule has 140 valence electrons. The maximum absolute atomic E-state index is 4.11. The van der Waals surface area contributed by atoms with Crippen molar-refractivity contribution in [1.29, 1.82) is 0 Å². The number of hydrogen-bond acceptors (Lipinski definition) is 0. The van der Waals surface area contributed by atoms with Crippen molar-refractivity contribution in [2.24, 2.45) is 23.2 Å². The summed E-state index contributed by atoms with van der Waals surface area (Å²) in [5.74, 6) is 2.07. The molecule has 0 N–H and O–H groups in total. The van der Waals surface area contributed by atoms with Crippen LogP contribution in [-0.2, 0) is 0 Å². The molecule has 0 nitrogen and oxygen atoms in total. The zero-order valence-corrected chi connectivity index (χ0v) is 16.8. The molecule has 0 amide bonds. The maximum atomic E-state index is 4.11. The van der Waals surface area contributed by atoms with Crippen LogP contribution < -0.4 is 0 Å². The summed E-state index contributed by atoms with van der Waals surface area (Å²) in [5, 5.41) is 0. The van der Waals surface area contributed by atoms with E-state index in [1.165, 1.54) is 32.1 Å². The Labute approximate surface area is 157 Å². The first-order valence-electron chi connectivity index (χ1n) is 10.2. The molecule has 0 bridgehead atoms. The number of allylic oxidation sites excluding steroid dienone is 6. The van der Waals surface area contributed by atoms with Crippen LogP contribution >= 0.6 is 0 Å². The van der Waals surface area contributed by atoms with Crippen LogP contribution in [0, 0.1) is 23.2 Å². The van der Waals surface area contributed by atoms with Crippen molar-refractivity contribution in [1.82, 2.24) is 0 Å². The lowest BCUT2D eigenvalue weighted by Gasteiger charge is -2.45. The van der Waals surface area contributed by atoms with E-state index in [0.29, 0.717) is 17.3 Å². The first-order chi connectivity index (χ1) is 12.1. The van der Waals surface area contributed by atoms with Gasteiger partial charge in [0.05, 0.1) is 0 Å². The minimum Gasteiger partial charge on any atom is -0.103 e. The second-order valence-corrected chi connectivity index (χ2v) is 8.03. The van der Waals surface area contributed by atoms with E-state index in [1.54, 1.807) is 5.57 Å². The number of hydrogen-bond donors (Lipinski definition) is 0. The third kappa shape index (κ3) is 6.49. The Bertz CT molecular complexity index is 466. The summed E-state index contributed by atoms with van der Waals surface area (Å²) < 4.78 is 0. The molecule has 0 heterocycles. The van der Waals surface area contributed by atoms with Gasteiger partial charge in [-0.15, -0.1) is 26.3 Å². The lowest BCUT2D eigenvalue weighted by molar-refractivity contribution is 0.0693. The van der Waals surface area contributed by atoms with Gasteiger partial charge in [0.2, 0.25) is 0 Å². The van der Waals surface area contributed by atoms with Crippen LogP contribution in [0.2, 0.25) is 0 Å². The fourth-order valence-electron chi connectivity index (χ4n) is 4.46. The Morgan fingerprint density at radius 2 is 1.68 bits per heavy atom. The fraction of sp³-hybridized carbons (Fsp3) is 0.600. The molecule has 0 saturated heterocycles. The maximum Gasteiger partial charge on any atom is -0.0194 e. The highest BCUT2D eigenvalue weighted by Gasteiger charge is 2.40. The van der Waals surface area contributed by atoms with Gasteiger partial charge in [-0.1, -0.05) is 56.2 Å². The zero-order chi connectivity index (χ0) is 18.7. The van der Waals surface area contributed by atoms with Gasteiger partial charge in [0.25, 0.3) is 0 Å². The van der Waals surface area contributed by atoms with Crippen LogP contribution in [0.15, 0.2) is 62.3 Å². The van der Waals surface area contributed by atoms with Crippen molar-refractivity contribution in [2.45, 2.75) is 71.6 Å². The molecule has 4 unspecified atom stereocenters. The van der Waals surface area contributed by atoms with Gasteiger partial charge in [-0.3, -0.25) is 0 Å². The molecule has 25 heavy (non-hydrogen) atoms. The zero-order valence-electron chi connectivity index (χ0n) is 16.8. The first kappa shape index (κ1) is 21.7. The van der Waals surface area contributed by atoms with Crippen molar-refractivity contribution in [3.8, 4) is 0 Å². The number of rotatable bonds is 15. The monoisotopic (exact) mass is 340 g/mol. The third-order valence-corrected chi connectivity index (χ3v) is 6.27. The van der Waals surface area contributed by atoms with E-state index in [-0.39, 0.29) is 0 Å². The molecule has 0 spiro atoms. The molecule has 0 radical (unpaired) electrons. The van der Waals surface area contributed by atoms with E-state index in [2.05, 4.69) is 64.5 Å². The summed E-state index contributed by atoms with van der Waals surface area (Å²) in [6.45, 7) is 20.8. The van der Waals surface area contributed by atoms with Gasteiger partial charge in [-0.05, 0) is 74.5 Å². The van der Waals surface area contributed by atoms with Gasteiger partial charge >= 0.3 is 0 Å². The molecule has 1 aliphatic rings. The molecule has 0 aromatic carbocycles. The highest BCUT2D eigenvalue weighted by atomic mass is 14.4. The minimum absolute atomic E-state index is 0.292. The van der Waals surface area contributed by atoms with Crippen LogP contribution in [0.3, 0.4) is 0 Å². The summed E-state index contributed by atoms with van der Waals surface area (Å²) in [5.41, 5.74) is 1.95. The average Bonchev–Trinajstić information content (AvgIpc) is 3.30. The summed E-state index contributed by atoms with van der Waals surface area (Å²) in [4.78, 5) is 0. The molecule has 0 aromatic heterocycles. The van der Waals surface area contributed by atoms with Crippen molar-refractivity contribution in [3.05, 3.63) is 62.3 Å². The highest BCUT2D eigenvalue weighted by molar-refractivity contribution is 5.22. The van der Waals surface area contributed by atoms with Crippen molar-refractivity contribution in [3.63, 3.8) is 0 Å². The molecular formula is C25H40. The molecule has 1 fully saturated rings. The van der Waals surface area contributed by atoms with Crippen molar-refractivity contribution in [2.75, 3.05) is 0 Å². The average molecular weight is 341 g/mol. The Morgan fingerprint density at radius 3 is 2.20 bits per heavy atom. The molecular weight excluding hydrogens is 300 g/mol. The van der Waals surface area contributed by atoms with E-state index >= 15 is 0 Å². The molecule has 0 aliphatic heterocycles. The molecule has 1 saturated carbocycles. The van der Waals surface area contributed by atoms with E-state index < -0.39 is 0 Å². The minimum atomic E-state index is 0.292. The molecule has 4 atom stereocenters. The standard InChI is InChI=1S/C25H40/c1-7-11-12-13-19-25(18-10-4,22(6)14-8-2)24(15-9-3)17-16-23-20-21(23)5/h7-10,16,21-22,24H,1-4,11-15,17-20H2,5-6H3. The predicted octanol–water partition coefficient (Wildman–Crippen LogP) is 8.06. The second kappa shape index (κ2) is 11.3. The fourth-order valence-corrected chi connectivity index (χ4v) is 4.46.